The smallest absolute Gasteiger partial charge is 0.159 e. The standard InChI is InChI=1S/C14H15FN2O/c1-8-6-11(15)4-5-12(8)14-16-7-13(10(3)18)9(2)17-14/h4-7,10,18H,1-3H3/t10-/m1/s1. The highest BCUT2D eigenvalue weighted by atomic mass is 19.1. The highest BCUT2D eigenvalue weighted by molar-refractivity contribution is 5.60. The van der Waals surface area contributed by atoms with Crippen LogP contribution in [0.1, 0.15) is 29.8 Å². The van der Waals surface area contributed by atoms with E-state index < -0.39 is 6.10 Å². The van der Waals surface area contributed by atoms with Gasteiger partial charge in [0.25, 0.3) is 0 Å². The van der Waals surface area contributed by atoms with E-state index >= 15 is 0 Å². The molecule has 0 spiro atoms. The monoisotopic (exact) mass is 246 g/mol. The molecule has 1 atom stereocenters. The van der Waals surface area contributed by atoms with Crippen molar-refractivity contribution in [3.8, 4) is 11.4 Å². The predicted molar refractivity (Wildman–Crippen MR) is 67.5 cm³/mol. The fraction of sp³-hybridized carbons (Fsp3) is 0.286. The summed E-state index contributed by atoms with van der Waals surface area (Å²) in [5.74, 6) is 0.281. The van der Waals surface area contributed by atoms with Crippen LogP contribution in [-0.2, 0) is 0 Å². The maximum Gasteiger partial charge on any atom is 0.159 e. The number of aliphatic hydroxyl groups excluding tert-OH is 1. The Morgan fingerprint density at radius 3 is 2.56 bits per heavy atom. The van der Waals surface area contributed by atoms with Gasteiger partial charge in [-0.2, -0.15) is 0 Å². The first-order chi connectivity index (χ1) is 8.49. The van der Waals surface area contributed by atoms with Crippen LogP contribution in [0.25, 0.3) is 11.4 Å². The van der Waals surface area contributed by atoms with Gasteiger partial charge in [-0.05, 0) is 44.5 Å². The number of benzene rings is 1. The summed E-state index contributed by atoms with van der Waals surface area (Å²) in [6.45, 7) is 5.32. The van der Waals surface area contributed by atoms with Crippen LogP contribution < -0.4 is 0 Å². The van der Waals surface area contributed by atoms with Crippen LogP contribution in [0, 0.1) is 19.7 Å². The molecule has 0 bridgehead atoms. The number of aliphatic hydroxyl groups is 1. The van der Waals surface area contributed by atoms with E-state index in [-0.39, 0.29) is 5.82 Å². The SMILES string of the molecule is Cc1cc(F)ccc1-c1ncc([C@@H](C)O)c(C)n1. The predicted octanol–water partition coefficient (Wildman–Crippen LogP) is 2.95. The molecule has 2 rings (SSSR count). The number of hydrogen-bond acceptors (Lipinski definition) is 3. The Balaban J connectivity index is 2.49. The van der Waals surface area contributed by atoms with Crippen molar-refractivity contribution in [2.75, 3.05) is 0 Å². The van der Waals surface area contributed by atoms with Gasteiger partial charge >= 0.3 is 0 Å². The maximum atomic E-state index is 13.0. The molecule has 0 saturated carbocycles. The summed E-state index contributed by atoms with van der Waals surface area (Å²) < 4.78 is 13.0. The molecule has 4 heteroatoms. The molecule has 0 fully saturated rings. The van der Waals surface area contributed by atoms with Gasteiger partial charge in [0.15, 0.2) is 5.82 Å². The van der Waals surface area contributed by atoms with Crippen LogP contribution in [0.3, 0.4) is 0 Å². The van der Waals surface area contributed by atoms with Crippen molar-refractivity contribution in [3.63, 3.8) is 0 Å². The van der Waals surface area contributed by atoms with Gasteiger partial charge in [-0.3, -0.25) is 0 Å². The molecule has 1 aromatic carbocycles. The zero-order chi connectivity index (χ0) is 13.3. The second-order valence-corrected chi connectivity index (χ2v) is 4.37. The number of hydrogen-bond donors (Lipinski definition) is 1. The normalized spacial score (nSPS) is 12.5. The van der Waals surface area contributed by atoms with Gasteiger partial charge < -0.3 is 5.11 Å². The molecule has 94 valence electrons. The van der Waals surface area contributed by atoms with Gasteiger partial charge in [-0.1, -0.05) is 0 Å². The number of halogens is 1. The number of aromatic nitrogens is 2. The van der Waals surface area contributed by atoms with Crippen LogP contribution >= 0.6 is 0 Å². The van der Waals surface area contributed by atoms with Gasteiger partial charge in [0.2, 0.25) is 0 Å². The summed E-state index contributed by atoms with van der Waals surface area (Å²) in [5.41, 5.74) is 3.04. The molecule has 0 saturated heterocycles. The molecule has 1 heterocycles. The minimum Gasteiger partial charge on any atom is -0.389 e. The minimum absolute atomic E-state index is 0.270. The largest absolute Gasteiger partial charge is 0.389 e. The lowest BCUT2D eigenvalue weighted by molar-refractivity contribution is 0.197. The highest BCUT2D eigenvalue weighted by Gasteiger charge is 2.11. The Kier molecular flexibility index (Phi) is 3.39. The average molecular weight is 246 g/mol. The number of rotatable bonds is 2. The van der Waals surface area contributed by atoms with Crippen LogP contribution in [0.4, 0.5) is 4.39 Å². The first kappa shape index (κ1) is 12.6. The summed E-state index contributed by atoms with van der Waals surface area (Å²) >= 11 is 0. The van der Waals surface area contributed by atoms with E-state index in [2.05, 4.69) is 9.97 Å². The van der Waals surface area contributed by atoms with Gasteiger partial charge in [-0.15, -0.1) is 0 Å². The van der Waals surface area contributed by atoms with Crippen molar-refractivity contribution >= 4 is 0 Å². The zero-order valence-electron chi connectivity index (χ0n) is 10.6. The topological polar surface area (TPSA) is 46.0 Å². The molecule has 0 unspecified atom stereocenters. The number of aryl methyl sites for hydroxylation is 2. The maximum absolute atomic E-state index is 13.0. The van der Waals surface area contributed by atoms with Gasteiger partial charge in [0, 0.05) is 23.0 Å². The molecule has 0 aliphatic rings. The molecule has 1 N–H and O–H groups in total. The lowest BCUT2D eigenvalue weighted by Gasteiger charge is -2.10. The summed E-state index contributed by atoms with van der Waals surface area (Å²) in [5, 5.41) is 9.53. The first-order valence-electron chi connectivity index (χ1n) is 5.77. The van der Waals surface area contributed by atoms with E-state index in [4.69, 9.17) is 0 Å². The average Bonchev–Trinajstić information content (AvgIpc) is 2.28. The molecule has 0 aliphatic heterocycles. The van der Waals surface area contributed by atoms with Crippen LogP contribution in [0.2, 0.25) is 0 Å². The summed E-state index contributed by atoms with van der Waals surface area (Å²) in [6, 6.07) is 4.52. The van der Waals surface area contributed by atoms with Crippen LogP contribution in [-0.4, -0.2) is 15.1 Å². The fourth-order valence-corrected chi connectivity index (χ4v) is 1.89. The minimum atomic E-state index is -0.589. The Bertz CT molecular complexity index is 582. The zero-order valence-corrected chi connectivity index (χ0v) is 10.6. The second kappa shape index (κ2) is 4.82. The highest BCUT2D eigenvalue weighted by Crippen LogP contribution is 2.23. The third-order valence-electron chi connectivity index (χ3n) is 2.90. The van der Waals surface area contributed by atoms with Crippen LogP contribution in [0.15, 0.2) is 24.4 Å². The van der Waals surface area contributed by atoms with E-state index in [1.54, 1.807) is 19.2 Å². The second-order valence-electron chi connectivity index (χ2n) is 4.37. The Morgan fingerprint density at radius 2 is 2.00 bits per heavy atom. The summed E-state index contributed by atoms with van der Waals surface area (Å²) in [6.07, 6.45) is 1.03. The molecule has 0 aliphatic carbocycles. The van der Waals surface area contributed by atoms with Crippen molar-refractivity contribution in [1.29, 1.82) is 0 Å². The molecular weight excluding hydrogens is 231 g/mol. The van der Waals surface area contributed by atoms with E-state index in [0.29, 0.717) is 11.4 Å². The number of nitrogens with zero attached hydrogens (tertiary/aromatic N) is 2. The lowest BCUT2D eigenvalue weighted by Crippen LogP contribution is -2.02. The van der Waals surface area contributed by atoms with E-state index in [1.807, 2.05) is 13.8 Å². The lowest BCUT2D eigenvalue weighted by atomic mass is 10.1. The van der Waals surface area contributed by atoms with Gasteiger partial charge in [0.05, 0.1) is 6.10 Å². The Hall–Kier alpha value is -1.81. The molecule has 2 aromatic rings. The third kappa shape index (κ3) is 2.38. The molecule has 0 amide bonds. The van der Waals surface area contributed by atoms with E-state index in [9.17, 15) is 9.50 Å². The molecule has 1 aromatic heterocycles. The van der Waals surface area contributed by atoms with E-state index in [1.165, 1.54) is 12.1 Å². The molecular formula is C14H15FN2O. The molecule has 3 nitrogen and oxygen atoms in total. The quantitative estimate of drug-likeness (QED) is 0.886. The van der Waals surface area contributed by atoms with Crippen molar-refractivity contribution in [1.82, 2.24) is 9.97 Å². The van der Waals surface area contributed by atoms with Crippen molar-refractivity contribution in [2.45, 2.75) is 26.9 Å². The third-order valence-corrected chi connectivity index (χ3v) is 2.90. The fourth-order valence-electron chi connectivity index (χ4n) is 1.89. The van der Waals surface area contributed by atoms with Crippen molar-refractivity contribution < 1.29 is 9.50 Å². The van der Waals surface area contributed by atoms with Crippen molar-refractivity contribution in [2.24, 2.45) is 0 Å². The Morgan fingerprint density at radius 1 is 1.28 bits per heavy atom. The van der Waals surface area contributed by atoms with Crippen molar-refractivity contribution in [3.05, 3.63) is 47.0 Å². The van der Waals surface area contributed by atoms with Gasteiger partial charge in [-0.25, -0.2) is 14.4 Å². The summed E-state index contributed by atoms with van der Waals surface area (Å²) in [4.78, 5) is 8.59. The Labute approximate surface area is 105 Å². The van der Waals surface area contributed by atoms with Gasteiger partial charge in [0.1, 0.15) is 5.82 Å². The molecule has 18 heavy (non-hydrogen) atoms. The molecule has 0 radical (unpaired) electrons. The summed E-state index contributed by atoms with van der Waals surface area (Å²) in [7, 11) is 0. The first-order valence-corrected chi connectivity index (χ1v) is 5.77. The van der Waals surface area contributed by atoms with E-state index in [0.717, 1.165) is 16.8 Å². The van der Waals surface area contributed by atoms with Crippen LogP contribution in [0.5, 0.6) is 0 Å².